The Hall–Kier alpha value is -2.53. The number of nitrogens with one attached hydrogen (secondary N) is 1. The van der Waals surface area contributed by atoms with E-state index in [4.69, 9.17) is 9.05 Å². The first-order chi connectivity index (χ1) is 15.5. The Morgan fingerprint density at radius 3 is 2.28 bits per heavy atom. The van der Waals surface area contributed by atoms with E-state index in [1.165, 1.54) is 10.8 Å². The molecule has 0 heterocycles. The van der Waals surface area contributed by atoms with Crippen molar-refractivity contribution in [1.29, 1.82) is 0 Å². The molecule has 164 valence electrons. The molecule has 0 radical (unpaired) electrons. The van der Waals surface area contributed by atoms with Crippen LogP contribution in [-0.4, -0.2) is 18.3 Å². The van der Waals surface area contributed by atoms with E-state index in [1.54, 1.807) is 13.8 Å². The second-order valence-electron chi connectivity index (χ2n) is 7.92. The third kappa shape index (κ3) is 3.57. The second-order valence-corrected chi connectivity index (χ2v) is 9.69. The summed E-state index contributed by atoms with van der Waals surface area (Å²) in [5.74, 6) is 0. The van der Waals surface area contributed by atoms with Gasteiger partial charge in [-0.05, 0) is 69.8 Å². The molecule has 6 heteroatoms. The van der Waals surface area contributed by atoms with Gasteiger partial charge in [0.1, 0.15) is 0 Å². The normalized spacial score (nSPS) is 18.0. The summed E-state index contributed by atoms with van der Waals surface area (Å²) >= 11 is 0. The van der Waals surface area contributed by atoms with E-state index >= 15 is 0 Å². The van der Waals surface area contributed by atoms with Gasteiger partial charge in [-0.1, -0.05) is 60.7 Å². The van der Waals surface area contributed by atoms with Gasteiger partial charge in [-0.2, -0.15) is 0 Å². The Labute approximate surface area is 187 Å². The van der Waals surface area contributed by atoms with Gasteiger partial charge in [-0.15, -0.1) is 0 Å². The van der Waals surface area contributed by atoms with Crippen molar-refractivity contribution in [2.75, 3.05) is 13.2 Å². The highest BCUT2D eigenvalue weighted by Gasteiger charge is 2.38. The van der Waals surface area contributed by atoms with E-state index in [0.717, 1.165) is 33.0 Å². The van der Waals surface area contributed by atoms with Gasteiger partial charge >= 0.3 is 7.75 Å². The number of hydrogen-bond acceptors (Lipinski definition) is 4. The molecule has 0 unspecified atom stereocenters. The summed E-state index contributed by atoms with van der Waals surface area (Å²) in [5.41, 5.74) is 3.65. The molecule has 4 aromatic carbocycles. The first-order valence-corrected chi connectivity index (χ1v) is 12.5. The summed E-state index contributed by atoms with van der Waals surface area (Å²) in [7, 11) is -3.58. The van der Waals surface area contributed by atoms with Crippen LogP contribution in [0.3, 0.4) is 0 Å². The molecule has 1 aliphatic carbocycles. The van der Waals surface area contributed by atoms with Crippen LogP contribution in [0.1, 0.15) is 37.1 Å². The number of rotatable bonds is 6. The van der Waals surface area contributed by atoms with E-state index in [0.29, 0.717) is 0 Å². The highest BCUT2D eigenvalue weighted by atomic mass is 31.2. The molecule has 2 N–H and O–H groups in total. The molecule has 0 aliphatic heterocycles. The average molecular weight is 447 g/mol. The predicted octanol–water partition coefficient (Wildman–Crippen LogP) is 6.52. The number of aliphatic hydroxyl groups is 1. The summed E-state index contributed by atoms with van der Waals surface area (Å²) in [6, 6.07) is 24.0. The lowest BCUT2D eigenvalue weighted by molar-refractivity contribution is 0.125. The smallest absolute Gasteiger partial charge is 0.386 e. The molecular weight excluding hydrogens is 421 g/mol. The van der Waals surface area contributed by atoms with Crippen molar-refractivity contribution < 1.29 is 18.7 Å². The summed E-state index contributed by atoms with van der Waals surface area (Å²) in [6.07, 6.45) is -0.912. The molecule has 4 aromatic rings. The number of fused-ring (bicyclic) bond motifs is 6. The molecular formula is C26H26NO4P. The first kappa shape index (κ1) is 21.3. The third-order valence-corrected chi connectivity index (χ3v) is 7.82. The standard InChI is InChI=1S/C26H26NO4P/c1-3-30-32(29,31-4-2)27-25-21-12-8-7-11-20(21)23-16-22-18(15-24(23)26(25)28)14-13-17-9-5-6-10-19(17)22/h5-16,25-26,28H,3-4H2,1-2H3,(H,27,29)/t25-,26-/m1/s1. The minimum atomic E-state index is -3.58. The summed E-state index contributed by atoms with van der Waals surface area (Å²) in [6.45, 7) is 4.01. The van der Waals surface area contributed by atoms with Crippen LogP contribution in [0.2, 0.25) is 0 Å². The van der Waals surface area contributed by atoms with Crippen molar-refractivity contribution in [2.45, 2.75) is 26.0 Å². The molecule has 0 amide bonds. The van der Waals surface area contributed by atoms with Crippen LogP contribution in [-0.2, 0) is 13.6 Å². The van der Waals surface area contributed by atoms with Crippen molar-refractivity contribution in [2.24, 2.45) is 0 Å². The van der Waals surface area contributed by atoms with Gasteiger partial charge in [0.2, 0.25) is 0 Å². The lowest BCUT2D eigenvalue weighted by Crippen LogP contribution is -2.30. The third-order valence-electron chi connectivity index (χ3n) is 6.03. The topological polar surface area (TPSA) is 67.8 Å². The number of aliphatic hydroxyl groups excluding tert-OH is 1. The number of hydrogen-bond donors (Lipinski definition) is 2. The van der Waals surface area contributed by atoms with Crippen LogP contribution in [0.15, 0.2) is 72.8 Å². The largest absolute Gasteiger partial charge is 0.406 e. The Bertz CT molecular complexity index is 1340. The molecule has 0 saturated carbocycles. The zero-order valence-electron chi connectivity index (χ0n) is 18.1. The summed E-state index contributed by atoms with van der Waals surface area (Å²) in [5, 5.41) is 19.0. The minimum absolute atomic E-state index is 0.239. The molecule has 0 aromatic heterocycles. The van der Waals surface area contributed by atoms with Gasteiger partial charge in [0.25, 0.3) is 0 Å². The quantitative estimate of drug-likeness (QED) is 0.260. The van der Waals surface area contributed by atoms with Gasteiger partial charge in [-0.25, -0.2) is 9.65 Å². The molecule has 0 saturated heterocycles. The second kappa shape index (κ2) is 8.43. The molecule has 0 spiro atoms. The van der Waals surface area contributed by atoms with Crippen molar-refractivity contribution in [3.05, 3.63) is 83.9 Å². The maximum absolute atomic E-state index is 13.2. The van der Waals surface area contributed by atoms with Gasteiger partial charge in [0.15, 0.2) is 0 Å². The fraction of sp³-hybridized carbons (Fsp3) is 0.231. The predicted molar refractivity (Wildman–Crippen MR) is 129 cm³/mol. The van der Waals surface area contributed by atoms with E-state index in [2.05, 4.69) is 35.4 Å². The van der Waals surface area contributed by atoms with Crippen LogP contribution < -0.4 is 5.09 Å². The fourth-order valence-corrected chi connectivity index (χ4v) is 6.20. The SMILES string of the molecule is CCOP(=O)(N[C@@H]1c2ccccc2-c2cc3c(ccc4ccccc43)cc2[C@H]1O)OCC. The van der Waals surface area contributed by atoms with Crippen LogP contribution in [0.4, 0.5) is 0 Å². The minimum Gasteiger partial charge on any atom is -0.386 e. The van der Waals surface area contributed by atoms with Gasteiger partial charge in [-0.3, -0.25) is 9.05 Å². The molecule has 0 fully saturated rings. The van der Waals surface area contributed by atoms with Gasteiger partial charge in [0.05, 0.1) is 25.4 Å². The van der Waals surface area contributed by atoms with Gasteiger partial charge in [0, 0.05) is 0 Å². The average Bonchev–Trinajstić information content (AvgIpc) is 2.81. The molecule has 5 rings (SSSR count). The van der Waals surface area contributed by atoms with Crippen LogP contribution >= 0.6 is 7.75 Å². The van der Waals surface area contributed by atoms with Crippen molar-refractivity contribution in [1.82, 2.24) is 5.09 Å². The maximum atomic E-state index is 13.2. The molecule has 5 nitrogen and oxygen atoms in total. The van der Waals surface area contributed by atoms with Crippen LogP contribution in [0, 0.1) is 0 Å². The Kier molecular flexibility index (Phi) is 5.62. The van der Waals surface area contributed by atoms with Gasteiger partial charge < -0.3 is 5.11 Å². The van der Waals surface area contributed by atoms with E-state index in [1.807, 2.05) is 42.5 Å². The van der Waals surface area contributed by atoms with E-state index in [9.17, 15) is 9.67 Å². The fourth-order valence-electron chi connectivity index (χ4n) is 4.68. The van der Waals surface area contributed by atoms with E-state index < -0.39 is 19.9 Å². The summed E-state index contributed by atoms with van der Waals surface area (Å²) < 4.78 is 24.1. The molecule has 0 bridgehead atoms. The zero-order chi connectivity index (χ0) is 22.3. The van der Waals surface area contributed by atoms with E-state index in [-0.39, 0.29) is 13.2 Å². The van der Waals surface area contributed by atoms with Crippen LogP contribution in [0.25, 0.3) is 32.7 Å². The number of benzene rings is 4. The lowest BCUT2D eigenvalue weighted by atomic mass is 9.79. The molecule has 2 atom stereocenters. The molecule has 32 heavy (non-hydrogen) atoms. The summed E-state index contributed by atoms with van der Waals surface area (Å²) in [4.78, 5) is 0. The molecule has 1 aliphatic rings. The first-order valence-electron chi connectivity index (χ1n) is 10.9. The highest BCUT2D eigenvalue weighted by molar-refractivity contribution is 7.51. The van der Waals surface area contributed by atoms with Crippen molar-refractivity contribution in [3.8, 4) is 11.1 Å². The van der Waals surface area contributed by atoms with Crippen molar-refractivity contribution in [3.63, 3.8) is 0 Å². The maximum Gasteiger partial charge on any atom is 0.406 e. The van der Waals surface area contributed by atoms with Crippen molar-refractivity contribution >= 4 is 29.3 Å². The Morgan fingerprint density at radius 1 is 0.812 bits per heavy atom. The zero-order valence-corrected chi connectivity index (χ0v) is 19.0. The highest BCUT2D eigenvalue weighted by Crippen LogP contribution is 2.53. The lowest BCUT2D eigenvalue weighted by Gasteiger charge is -2.35. The van der Waals surface area contributed by atoms with Crippen LogP contribution in [0.5, 0.6) is 0 Å². The Balaban J connectivity index is 1.69. The Morgan fingerprint density at radius 2 is 1.50 bits per heavy atom. The monoisotopic (exact) mass is 447 g/mol.